The molecule has 23 heavy (non-hydrogen) atoms. The highest BCUT2D eigenvalue weighted by Crippen LogP contribution is 2.29. The summed E-state index contributed by atoms with van der Waals surface area (Å²) in [6.45, 7) is 1.50. The third-order valence-electron chi connectivity index (χ3n) is 3.92. The van der Waals surface area contributed by atoms with E-state index in [0.29, 0.717) is 18.3 Å². The number of aliphatic hydroxyl groups is 1. The van der Waals surface area contributed by atoms with Crippen LogP contribution >= 0.6 is 0 Å². The molecule has 1 aromatic heterocycles. The first-order chi connectivity index (χ1) is 11.0. The van der Waals surface area contributed by atoms with Crippen LogP contribution in [0.15, 0.2) is 36.5 Å². The maximum atomic E-state index is 12.6. The molecule has 0 radical (unpaired) electrons. The summed E-state index contributed by atoms with van der Waals surface area (Å²) >= 11 is 0. The SMILES string of the molecule is OCCN(Cc1ccc(-n2ccc(C(F)(F)F)n2)cc1)C1CC1. The van der Waals surface area contributed by atoms with Crippen molar-refractivity contribution in [3.8, 4) is 5.69 Å². The molecule has 1 heterocycles. The summed E-state index contributed by atoms with van der Waals surface area (Å²) in [5.41, 5.74) is 0.756. The van der Waals surface area contributed by atoms with Crippen molar-refractivity contribution in [1.82, 2.24) is 14.7 Å². The van der Waals surface area contributed by atoms with Gasteiger partial charge in [-0.25, -0.2) is 4.68 Å². The zero-order chi connectivity index (χ0) is 16.4. The first-order valence-electron chi connectivity index (χ1n) is 7.54. The molecule has 4 nitrogen and oxygen atoms in total. The van der Waals surface area contributed by atoms with E-state index in [1.807, 2.05) is 12.1 Å². The molecule has 1 N–H and O–H groups in total. The van der Waals surface area contributed by atoms with Crippen LogP contribution in [0.1, 0.15) is 24.1 Å². The summed E-state index contributed by atoms with van der Waals surface area (Å²) < 4.78 is 39.0. The lowest BCUT2D eigenvalue weighted by Crippen LogP contribution is -2.28. The molecule has 3 rings (SSSR count). The van der Waals surface area contributed by atoms with E-state index in [9.17, 15) is 13.2 Å². The molecule has 0 saturated heterocycles. The smallest absolute Gasteiger partial charge is 0.395 e. The van der Waals surface area contributed by atoms with Gasteiger partial charge in [-0.3, -0.25) is 4.90 Å². The number of aromatic nitrogens is 2. The zero-order valence-electron chi connectivity index (χ0n) is 12.5. The van der Waals surface area contributed by atoms with Crippen LogP contribution in [0.4, 0.5) is 13.2 Å². The summed E-state index contributed by atoms with van der Waals surface area (Å²) in [5, 5.41) is 12.7. The number of benzene rings is 1. The average molecular weight is 325 g/mol. The molecular formula is C16H18F3N3O. The Balaban J connectivity index is 1.70. The first-order valence-corrected chi connectivity index (χ1v) is 7.54. The lowest BCUT2D eigenvalue weighted by molar-refractivity contribution is -0.141. The maximum Gasteiger partial charge on any atom is 0.435 e. The zero-order valence-corrected chi connectivity index (χ0v) is 12.5. The molecule has 0 aliphatic heterocycles. The highest BCUT2D eigenvalue weighted by Gasteiger charge is 2.33. The van der Waals surface area contributed by atoms with Crippen molar-refractivity contribution >= 4 is 0 Å². The second-order valence-corrected chi connectivity index (χ2v) is 5.74. The fraction of sp³-hybridized carbons (Fsp3) is 0.438. The van der Waals surface area contributed by atoms with Crippen LogP contribution in [0.2, 0.25) is 0 Å². The predicted molar refractivity (Wildman–Crippen MR) is 79.1 cm³/mol. The van der Waals surface area contributed by atoms with Crippen LogP contribution in [0.5, 0.6) is 0 Å². The van der Waals surface area contributed by atoms with E-state index in [1.54, 1.807) is 12.1 Å². The van der Waals surface area contributed by atoms with Gasteiger partial charge in [0.15, 0.2) is 5.69 Å². The van der Waals surface area contributed by atoms with Gasteiger partial charge in [0.05, 0.1) is 12.3 Å². The van der Waals surface area contributed by atoms with Crippen LogP contribution < -0.4 is 0 Å². The van der Waals surface area contributed by atoms with Crippen molar-refractivity contribution in [2.24, 2.45) is 0 Å². The fourth-order valence-electron chi connectivity index (χ4n) is 2.57. The monoisotopic (exact) mass is 325 g/mol. The van der Waals surface area contributed by atoms with E-state index in [2.05, 4.69) is 10.00 Å². The lowest BCUT2D eigenvalue weighted by atomic mass is 10.2. The van der Waals surface area contributed by atoms with Crippen molar-refractivity contribution in [2.75, 3.05) is 13.2 Å². The van der Waals surface area contributed by atoms with Crippen LogP contribution in [0.3, 0.4) is 0 Å². The summed E-state index contributed by atoms with van der Waals surface area (Å²) in [6.07, 6.45) is -0.808. The molecule has 1 fully saturated rings. The molecule has 0 bridgehead atoms. The fourth-order valence-corrected chi connectivity index (χ4v) is 2.57. The Morgan fingerprint density at radius 2 is 1.87 bits per heavy atom. The van der Waals surface area contributed by atoms with Gasteiger partial charge in [0.25, 0.3) is 0 Å². The Kier molecular flexibility index (Phi) is 4.41. The number of hydrogen-bond donors (Lipinski definition) is 1. The Labute approximate surface area is 132 Å². The van der Waals surface area contributed by atoms with Crippen molar-refractivity contribution in [2.45, 2.75) is 31.6 Å². The maximum absolute atomic E-state index is 12.6. The Hall–Kier alpha value is -1.86. The Bertz CT molecular complexity index is 647. The Morgan fingerprint density at radius 1 is 1.17 bits per heavy atom. The van der Waals surface area contributed by atoms with Crippen molar-refractivity contribution < 1.29 is 18.3 Å². The van der Waals surface area contributed by atoms with Crippen LogP contribution in [0, 0.1) is 0 Å². The van der Waals surface area contributed by atoms with Crippen LogP contribution in [-0.4, -0.2) is 39.0 Å². The minimum absolute atomic E-state index is 0.127. The molecule has 124 valence electrons. The summed E-state index contributed by atoms with van der Waals surface area (Å²) in [5.74, 6) is 0. The van der Waals surface area contributed by atoms with E-state index in [-0.39, 0.29) is 6.61 Å². The molecule has 1 aliphatic rings. The van der Waals surface area contributed by atoms with Gasteiger partial charge >= 0.3 is 6.18 Å². The van der Waals surface area contributed by atoms with Crippen molar-refractivity contribution in [3.63, 3.8) is 0 Å². The largest absolute Gasteiger partial charge is 0.435 e. The van der Waals surface area contributed by atoms with Gasteiger partial charge in [-0.05, 0) is 36.6 Å². The quantitative estimate of drug-likeness (QED) is 0.888. The minimum atomic E-state index is -4.43. The van der Waals surface area contributed by atoms with Gasteiger partial charge in [0, 0.05) is 25.3 Å². The van der Waals surface area contributed by atoms with Crippen LogP contribution in [-0.2, 0) is 12.7 Å². The summed E-state index contributed by atoms with van der Waals surface area (Å²) in [4.78, 5) is 2.23. The molecule has 2 aromatic rings. The van der Waals surface area contributed by atoms with Crippen LogP contribution in [0.25, 0.3) is 5.69 Å². The van der Waals surface area contributed by atoms with Gasteiger partial charge in [-0.15, -0.1) is 0 Å². The number of hydrogen-bond acceptors (Lipinski definition) is 3. The molecule has 1 saturated carbocycles. The summed E-state index contributed by atoms with van der Waals surface area (Å²) in [6, 6.07) is 8.79. The highest BCUT2D eigenvalue weighted by molar-refractivity contribution is 5.34. The molecule has 0 spiro atoms. The molecule has 0 atom stereocenters. The molecule has 7 heteroatoms. The third-order valence-corrected chi connectivity index (χ3v) is 3.92. The van der Waals surface area contributed by atoms with E-state index >= 15 is 0 Å². The molecule has 0 unspecified atom stereocenters. The van der Waals surface area contributed by atoms with Gasteiger partial charge in [-0.1, -0.05) is 12.1 Å². The summed E-state index contributed by atoms with van der Waals surface area (Å²) in [7, 11) is 0. The number of rotatable bonds is 6. The second kappa shape index (κ2) is 6.33. The topological polar surface area (TPSA) is 41.3 Å². The van der Waals surface area contributed by atoms with E-state index in [0.717, 1.165) is 31.0 Å². The van der Waals surface area contributed by atoms with Gasteiger partial charge in [-0.2, -0.15) is 18.3 Å². The van der Waals surface area contributed by atoms with E-state index < -0.39 is 11.9 Å². The van der Waals surface area contributed by atoms with Gasteiger partial charge < -0.3 is 5.11 Å². The number of halogens is 3. The predicted octanol–water partition coefficient (Wildman–Crippen LogP) is 2.85. The lowest BCUT2D eigenvalue weighted by Gasteiger charge is -2.20. The standard InChI is InChI=1S/C16H18F3N3O/c17-16(18,19)15-7-8-22(20-15)14-3-1-12(2-4-14)11-21(9-10-23)13-5-6-13/h1-4,7-8,13,23H,5-6,9-11H2. The Morgan fingerprint density at radius 3 is 2.39 bits per heavy atom. The second-order valence-electron chi connectivity index (χ2n) is 5.74. The molecule has 1 aromatic carbocycles. The van der Waals surface area contributed by atoms with Gasteiger partial charge in [0.1, 0.15) is 0 Å². The number of alkyl halides is 3. The van der Waals surface area contributed by atoms with E-state index in [4.69, 9.17) is 5.11 Å². The molecule has 0 amide bonds. The van der Waals surface area contributed by atoms with Crippen molar-refractivity contribution in [1.29, 1.82) is 0 Å². The molecular weight excluding hydrogens is 307 g/mol. The third kappa shape index (κ3) is 3.92. The minimum Gasteiger partial charge on any atom is -0.395 e. The molecule has 1 aliphatic carbocycles. The van der Waals surface area contributed by atoms with E-state index in [1.165, 1.54) is 10.9 Å². The highest BCUT2D eigenvalue weighted by atomic mass is 19.4. The van der Waals surface area contributed by atoms with Crippen molar-refractivity contribution in [3.05, 3.63) is 47.8 Å². The van der Waals surface area contributed by atoms with Gasteiger partial charge in [0.2, 0.25) is 0 Å². The number of aliphatic hydroxyl groups excluding tert-OH is 1. The average Bonchev–Trinajstić information content (AvgIpc) is 3.22. The normalized spacial score (nSPS) is 15.3. The first kappa shape index (κ1) is 16.0. The number of nitrogens with zero attached hydrogens (tertiary/aromatic N) is 3.